The molecule has 1 aliphatic heterocycles. The summed E-state index contributed by atoms with van der Waals surface area (Å²) in [5.74, 6) is -0.732. The molecule has 2 aliphatic carbocycles. The smallest absolute Gasteiger partial charge is 0.341 e. The highest BCUT2D eigenvalue weighted by Crippen LogP contribution is 2.57. The maximum absolute atomic E-state index is 12.6. The largest absolute Gasteiger partial charge is 0.458 e. The summed E-state index contributed by atoms with van der Waals surface area (Å²) in [4.78, 5) is 28.4. The number of nitrogens with zero attached hydrogens (tertiary/aromatic N) is 1. The van der Waals surface area contributed by atoms with E-state index in [9.17, 15) is 9.59 Å². The number of esters is 2. The molecule has 2 heterocycles. The van der Waals surface area contributed by atoms with Gasteiger partial charge in [-0.3, -0.25) is 0 Å². The Balaban J connectivity index is 1.52. The van der Waals surface area contributed by atoms with Gasteiger partial charge in [0, 0.05) is 17.7 Å². The molecule has 0 amide bonds. The van der Waals surface area contributed by atoms with Crippen LogP contribution in [0, 0.1) is 17.3 Å². The molecule has 3 aliphatic rings. The predicted molar refractivity (Wildman–Crippen MR) is 105 cm³/mol. The van der Waals surface area contributed by atoms with E-state index in [4.69, 9.17) is 32.7 Å². The van der Waals surface area contributed by atoms with Gasteiger partial charge in [-0.25, -0.2) is 14.6 Å². The zero-order valence-electron chi connectivity index (χ0n) is 15.5. The topological polar surface area (TPSA) is 65.5 Å². The van der Waals surface area contributed by atoms with Crippen molar-refractivity contribution in [3.8, 4) is 0 Å². The number of fused-ring (bicyclic) bond motifs is 2. The van der Waals surface area contributed by atoms with Crippen molar-refractivity contribution in [2.24, 2.45) is 17.3 Å². The van der Waals surface area contributed by atoms with E-state index < -0.39 is 12.1 Å². The van der Waals surface area contributed by atoms with Crippen LogP contribution >= 0.6 is 23.2 Å². The Morgan fingerprint density at radius 1 is 1.39 bits per heavy atom. The molecule has 0 radical (unpaired) electrons. The molecular formula is C21H21Cl2NO4. The normalized spacial score (nSPS) is 34.5. The van der Waals surface area contributed by atoms with Crippen LogP contribution in [-0.4, -0.2) is 29.1 Å². The minimum Gasteiger partial charge on any atom is -0.458 e. The fraction of sp³-hybridized carbons (Fsp3) is 0.476. The monoisotopic (exact) mass is 421 g/mol. The Morgan fingerprint density at radius 2 is 2.14 bits per heavy atom. The third kappa shape index (κ3) is 3.15. The summed E-state index contributed by atoms with van der Waals surface area (Å²) in [6.07, 6.45) is 3.88. The van der Waals surface area contributed by atoms with Crippen LogP contribution in [0.4, 0.5) is 0 Å². The number of ether oxygens (including phenoxy) is 2. The number of aromatic nitrogens is 1. The van der Waals surface area contributed by atoms with Crippen LogP contribution in [0.1, 0.15) is 43.0 Å². The SMILES string of the molecule is C=C1C(=O)O[C@@H]2C[C@@]3(C)CC[C@@H](OC(=O)c4cc(Cl)cnc4Cl)C(=C)[C@@H]3C[C@H]12. The molecule has 1 aromatic rings. The lowest BCUT2D eigenvalue weighted by Gasteiger charge is -2.51. The van der Waals surface area contributed by atoms with Gasteiger partial charge in [0.25, 0.3) is 0 Å². The quantitative estimate of drug-likeness (QED) is 0.297. The molecule has 3 fully saturated rings. The fourth-order valence-corrected chi connectivity index (χ4v) is 5.27. The molecule has 0 N–H and O–H groups in total. The van der Waals surface area contributed by atoms with Crippen molar-refractivity contribution in [3.05, 3.63) is 52.3 Å². The Bertz CT molecular complexity index is 898. The second-order valence-corrected chi connectivity index (χ2v) is 9.02. The first-order valence-electron chi connectivity index (χ1n) is 9.30. The van der Waals surface area contributed by atoms with E-state index in [1.165, 1.54) is 12.3 Å². The van der Waals surface area contributed by atoms with Gasteiger partial charge in [0.1, 0.15) is 17.4 Å². The highest BCUT2D eigenvalue weighted by molar-refractivity contribution is 6.34. The van der Waals surface area contributed by atoms with Gasteiger partial charge in [0.05, 0.1) is 10.6 Å². The van der Waals surface area contributed by atoms with E-state index >= 15 is 0 Å². The van der Waals surface area contributed by atoms with Gasteiger partial charge in [-0.2, -0.15) is 0 Å². The van der Waals surface area contributed by atoms with Crippen molar-refractivity contribution in [1.82, 2.24) is 4.98 Å². The average molecular weight is 422 g/mol. The van der Waals surface area contributed by atoms with E-state index in [2.05, 4.69) is 25.1 Å². The molecule has 4 rings (SSSR count). The molecule has 2 saturated carbocycles. The first-order chi connectivity index (χ1) is 13.2. The van der Waals surface area contributed by atoms with Crippen LogP contribution in [0.25, 0.3) is 0 Å². The van der Waals surface area contributed by atoms with Crippen molar-refractivity contribution < 1.29 is 19.1 Å². The summed E-state index contributed by atoms with van der Waals surface area (Å²) in [6.45, 7) is 10.4. The van der Waals surface area contributed by atoms with Crippen molar-refractivity contribution >= 4 is 35.1 Å². The lowest BCUT2D eigenvalue weighted by molar-refractivity contribution is -0.142. The van der Waals surface area contributed by atoms with Crippen molar-refractivity contribution in [2.75, 3.05) is 0 Å². The number of rotatable bonds is 2. The highest BCUT2D eigenvalue weighted by Gasteiger charge is 2.54. The summed E-state index contributed by atoms with van der Waals surface area (Å²) < 4.78 is 11.2. The van der Waals surface area contributed by atoms with Crippen molar-refractivity contribution in [1.29, 1.82) is 0 Å². The second kappa shape index (κ2) is 6.89. The van der Waals surface area contributed by atoms with Gasteiger partial charge < -0.3 is 9.47 Å². The number of hydrogen-bond acceptors (Lipinski definition) is 5. The average Bonchev–Trinajstić information content (AvgIpc) is 2.91. The van der Waals surface area contributed by atoms with Gasteiger partial charge in [-0.1, -0.05) is 43.3 Å². The molecule has 0 aromatic carbocycles. The maximum atomic E-state index is 12.6. The van der Waals surface area contributed by atoms with Crippen LogP contribution in [0.5, 0.6) is 0 Å². The number of carbonyl (C=O) groups is 2. The van der Waals surface area contributed by atoms with Gasteiger partial charge in [0.2, 0.25) is 0 Å². The first-order valence-corrected chi connectivity index (χ1v) is 10.1. The van der Waals surface area contributed by atoms with Gasteiger partial charge >= 0.3 is 11.9 Å². The minimum atomic E-state index is -0.563. The standard InChI is InChI=1S/C21H21Cl2NO4/c1-10-13-7-15-11(2)16(4-5-21(15,3)8-17(13)28-19(10)25)27-20(26)14-6-12(22)9-24-18(14)23/h6,9,13,15-17H,1-2,4-5,7-8H2,3H3/t13-,15+,16-,17-,21-/m1/s1. The number of halogens is 2. The second-order valence-electron chi connectivity index (χ2n) is 8.22. The highest BCUT2D eigenvalue weighted by atomic mass is 35.5. The number of pyridine rings is 1. The Hall–Kier alpha value is -1.85. The maximum Gasteiger partial charge on any atom is 0.341 e. The van der Waals surface area contributed by atoms with Crippen LogP contribution < -0.4 is 0 Å². The summed E-state index contributed by atoms with van der Waals surface area (Å²) in [7, 11) is 0. The first kappa shape index (κ1) is 19.5. The molecule has 7 heteroatoms. The summed E-state index contributed by atoms with van der Waals surface area (Å²) >= 11 is 11.9. The van der Waals surface area contributed by atoms with E-state index in [0.29, 0.717) is 17.0 Å². The minimum absolute atomic E-state index is 0.00310. The fourth-order valence-electron chi connectivity index (χ4n) is 4.93. The summed E-state index contributed by atoms with van der Waals surface area (Å²) in [6, 6.07) is 1.45. The molecule has 0 unspecified atom stereocenters. The van der Waals surface area contributed by atoms with E-state index in [-0.39, 0.29) is 40.0 Å². The van der Waals surface area contributed by atoms with Gasteiger partial charge in [-0.15, -0.1) is 0 Å². The Kier molecular flexibility index (Phi) is 4.79. The van der Waals surface area contributed by atoms with Crippen LogP contribution in [0.2, 0.25) is 10.2 Å². The van der Waals surface area contributed by atoms with Crippen LogP contribution in [-0.2, 0) is 14.3 Å². The molecular weight excluding hydrogens is 401 g/mol. The lowest BCUT2D eigenvalue weighted by atomic mass is 9.55. The Labute approximate surface area is 173 Å². The van der Waals surface area contributed by atoms with E-state index in [1.807, 2.05) is 0 Å². The summed E-state index contributed by atoms with van der Waals surface area (Å²) in [5, 5.41) is 0.369. The third-order valence-corrected chi connectivity index (χ3v) is 7.04. The Morgan fingerprint density at radius 3 is 2.89 bits per heavy atom. The molecule has 5 atom stereocenters. The zero-order valence-corrected chi connectivity index (χ0v) is 17.1. The molecule has 1 saturated heterocycles. The van der Waals surface area contributed by atoms with Crippen LogP contribution in [0.3, 0.4) is 0 Å². The molecule has 148 valence electrons. The predicted octanol–water partition coefficient (Wildman–Crippen LogP) is 4.78. The zero-order chi connectivity index (χ0) is 20.2. The van der Waals surface area contributed by atoms with Crippen molar-refractivity contribution in [2.45, 2.75) is 44.8 Å². The molecule has 0 bridgehead atoms. The number of carbonyl (C=O) groups excluding carboxylic acids is 2. The molecule has 28 heavy (non-hydrogen) atoms. The third-order valence-electron chi connectivity index (χ3n) is 6.53. The van der Waals surface area contributed by atoms with E-state index in [1.54, 1.807) is 0 Å². The number of hydrogen-bond donors (Lipinski definition) is 0. The van der Waals surface area contributed by atoms with Gasteiger partial charge in [0.15, 0.2) is 0 Å². The van der Waals surface area contributed by atoms with Crippen molar-refractivity contribution in [3.63, 3.8) is 0 Å². The lowest BCUT2D eigenvalue weighted by Crippen LogP contribution is -2.47. The molecule has 0 spiro atoms. The van der Waals surface area contributed by atoms with Gasteiger partial charge in [-0.05, 0) is 48.7 Å². The molecule has 5 nitrogen and oxygen atoms in total. The molecule has 1 aromatic heterocycles. The summed E-state index contributed by atoms with van der Waals surface area (Å²) in [5.41, 5.74) is 1.51. The van der Waals surface area contributed by atoms with E-state index in [0.717, 1.165) is 24.8 Å². The van der Waals surface area contributed by atoms with Crippen LogP contribution in [0.15, 0.2) is 36.6 Å².